The van der Waals surface area contributed by atoms with Crippen molar-refractivity contribution in [2.24, 2.45) is 0 Å². The first-order chi connectivity index (χ1) is 3.41. The molecule has 0 aromatic heterocycles. The van der Waals surface area contributed by atoms with Gasteiger partial charge in [-0.1, -0.05) is 0 Å². The molecule has 0 aliphatic rings. The van der Waals surface area contributed by atoms with Gasteiger partial charge in [0.1, 0.15) is 0 Å². The molecule has 6 nitrogen and oxygen atoms in total. The van der Waals surface area contributed by atoms with Crippen LogP contribution in [-0.2, 0) is 9.04 Å². The quantitative estimate of drug-likeness (QED) is 0.465. The van der Waals surface area contributed by atoms with Crippen molar-refractivity contribution in [1.82, 2.24) is 0 Å². The molecule has 0 aromatic rings. The first kappa shape index (κ1) is 11.5. The Hall–Kier alpha value is 0.762. The fourth-order valence-corrected chi connectivity index (χ4v) is 0. The molecule has 3 N–H and O–H groups in total. The van der Waals surface area contributed by atoms with E-state index in [9.17, 15) is 0 Å². The van der Waals surface area contributed by atoms with Crippen LogP contribution in [0, 0.1) is 27.8 Å². The van der Waals surface area contributed by atoms with E-state index in [1.807, 2.05) is 0 Å². The molecule has 0 heterocycles. The van der Waals surface area contributed by atoms with E-state index >= 15 is 0 Å². The van der Waals surface area contributed by atoms with Crippen LogP contribution in [0.15, 0.2) is 0 Å². The van der Waals surface area contributed by atoms with Crippen molar-refractivity contribution in [2.45, 2.75) is 0 Å². The predicted octanol–water partition coefficient (Wildman–Crippen LogP) is -1.17. The molecule has 0 fully saturated rings. The third-order valence-corrected chi connectivity index (χ3v) is 0. The van der Waals surface area contributed by atoms with Gasteiger partial charge in [-0.15, -0.1) is 0 Å². The minimum atomic E-state index is -4.64. The maximum absolute atomic E-state index is 8.88. The zero-order valence-electron chi connectivity index (χ0n) is 3.51. The van der Waals surface area contributed by atoms with E-state index in [0.29, 0.717) is 0 Å². The van der Waals surface area contributed by atoms with E-state index in [2.05, 4.69) is 0 Å². The van der Waals surface area contributed by atoms with Gasteiger partial charge in [-0.25, -0.2) is 4.57 Å². The van der Waals surface area contributed by atoms with Crippen LogP contribution in [0.1, 0.15) is 0 Å². The summed E-state index contributed by atoms with van der Waals surface area (Å²) in [5, 5.41) is 0. The van der Waals surface area contributed by atoms with E-state index in [0.717, 1.165) is 0 Å². The van der Waals surface area contributed by atoms with Crippen molar-refractivity contribution < 1.29 is 51.5 Å². The van der Waals surface area contributed by atoms with Gasteiger partial charge in [-0.2, -0.15) is 0 Å². The first-order valence-corrected chi connectivity index (χ1v) is 6.16. The molecular weight excluding hydrogens is 365 g/mol. The molecule has 0 radical (unpaired) electrons. The summed E-state index contributed by atoms with van der Waals surface area (Å²) < 4.78 is 26.1. The summed E-state index contributed by atoms with van der Waals surface area (Å²) >= 11 is -2.51. The first-order valence-electron chi connectivity index (χ1n) is 1.19. The van der Waals surface area contributed by atoms with Crippen molar-refractivity contribution in [3.63, 3.8) is 0 Å². The summed E-state index contributed by atoms with van der Waals surface area (Å²) in [6.07, 6.45) is 0. The monoisotopic (exact) mass is 368 g/mol. The van der Waals surface area contributed by atoms with Gasteiger partial charge in [-0.05, 0) is 0 Å². The average molecular weight is 368 g/mol. The summed E-state index contributed by atoms with van der Waals surface area (Å²) in [4.78, 5) is 21.6. The molecule has 0 aromatic carbocycles. The fourth-order valence-electron chi connectivity index (χ4n) is 0. The number of hydrogen-bond donors (Lipinski definition) is 3. The Labute approximate surface area is 59.4 Å². The van der Waals surface area contributed by atoms with Gasteiger partial charge in [0.25, 0.3) is 0 Å². The molecule has 8 heavy (non-hydrogen) atoms. The normalized spacial score (nSPS) is 8.38. The molecule has 0 amide bonds. The van der Waals surface area contributed by atoms with Gasteiger partial charge >= 0.3 is 40.1 Å². The standard InChI is InChI=1S/H3O4P.2O.U/c1-5(2,3)4;;;/h(H3,1,2,3,4);;;. The Morgan fingerprint density at radius 3 is 1.12 bits per heavy atom. The zero-order chi connectivity index (χ0) is 7.21. The van der Waals surface area contributed by atoms with E-state index < -0.39 is 35.6 Å². The van der Waals surface area contributed by atoms with Crippen LogP contribution in [-0.4, -0.2) is 14.7 Å². The van der Waals surface area contributed by atoms with E-state index in [1.54, 1.807) is 0 Å². The fraction of sp³-hybridized carbons (Fsp3) is 0. The summed E-state index contributed by atoms with van der Waals surface area (Å²) in [5.41, 5.74) is 0. The predicted molar refractivity (Wildman–Crippen MR) is 15.6 cm³/mol. The van der Waals surface area contributed by atoms with Crippen molar-refractivity contribution in [2.75, 3.05) is 0 Å². The van der Waals surface area contributed by atoms with E-state index in [4.69, 9.17) is 23.7 Å². The second kappa shape index (κ2) is 5.89. The van der Waals surface area contributed by atoms with Gasteiger partial charge in [0.2, 0.25) is 0 Å². The van der Waals surface area contributed by atoms with Gasteiger partial charge < -0.3 is 14.7 Å². The van der Waals surface area contributed by atoms with Crippen LogP contribution < -0.4 is 0 Å². The number of hydrogen-bond acceptors (Lipinski definition) is 3. The molecule has 0 bridgehead atoms. The van der Waals surface area contributed by atoms with E-state index in [-0.39, 0.29) is 0 Å². The molecule has 0 aliphatic heterocycles. The average Bonchev–Trinajstić information content (AvgIpc) is 1.27. The van der Waals surface area contributed by atoms with Crippen molar-refractivity contribution in [3.8, 4) is 0 Å². The number of phosphoric acid groups is 1. The molecule has 0 rings (SSSR count). The molecule has 0 spiro atoms. The summed E-state index contributed by atoms with van der Waals surface area (Å²) in [7, 11) is -4.64. The Balaban J connectivity index is 0. The Bertz CT molecular complexity index is 106. The molecule has 0 atom stereocenters. The van der Waals surface area contributed by atoms with Gasteiger partial charge in [-0.3, -0.25) is 0 Å². The molecule has 48 valence electrons. The Morgan fingerprint density at radius 2 is 1.12 bits per heavy atom. The Kier molecular flexibility index (Phi) is 8.50. The van der Waals surface area contributed by atoms with Gasteiger partial charge in [0, 0.05) is 0 Å². The van der Waals surface area contributed by atoms with Gasteiger partial charge in [0.05, 0.1) is 0 Å². The van der Waals surface area contributed by atoms with Crippen LogP contribution in [0.25, 0.3) is 0 Å². The number of rotatable bonds is 0. The molecule has 0 saturated carbocycles. The van der Waals surface area contributed by atoms with Crippen LogP contribution in [0.2, 0.25) is 0 Å². The second-order valence-electron chi connectivity index (χ2n) is 0.597. The molecule has 0 saturated heterocycles. The van der Waals surface area contributed by atoms with Crippen molar-refractivity contribution in [1.29, 1.82) is 0 Å². The van der Waals surface area contributed by atoms with Crippen LogP contribution in [0.3, 0.4) is 0 Å². The third kappa shape index (κ3) is 387. The molecule has 8 heteroatoms. The van der Waals surface area contributed by atoms with Crippen LogP contribution in [0.5, 0.6) is 0 Å². The molecule has 0 aliphatic carbocycles. The van der Waals surface area contributed by atoms with Crippen LogP contribution in [0.4, 0.5) is 0 Å². The Morgan fingerprint density at radius 1 is 1.12 bits per heavy atom. The van der Waals surface area contributed by atoms with Crippen molar-refractivity contribution in [3.05, 3.63) is 0 Å². The maximum atomic E-state index is 8.88. The summed E-state index contributed by atoms with van der Waals surface area (Å²) in [6.45, 7) is 0. The van der Waals surface area contributed by atoms with Gasteiger partial charge in [0.15, 0.2) is 0 Å². The third-order valence-electron chi connectivity index (χ3n) is 0. The zero-order valence-corrected chi connectivity index (χ0v) is 8.57. The minimum absolute atomic E-state index is 2.51. The van der Waals surface area contributed by atoms with E-state index in [1.165, 1.54) is 0 Å². The second-order valence-corrected chi connectivity index (χ2v) is 2.32. The molecule has 0 unspecified atom stereocenters. The summed E-state index contributed by atoms with van der Waals surface area (Å²) in [6, 6.07) is 0. The summed E-state index contributed by atoms with van der Waals surface area (Å²) in [5.74, 6) is 0. The van der Waals surface area contributed by atoms with Crippen LogP contribution >= 0.6 is 7.82 Å². The molecular formula is H3O6PU. The van der Waals surface area contributed by atoms with Crippen molar-refractivity contribution >= 4 is 7.82 Å². The topological polar surface area (TPSA) is 112 Å². The SMILES string of the molecule is O=P(O)(O)O.[O]=[U]=[O].